The second kappa shape index (κ2) is 3.67. The molecule has 0 aliphatic heterocycles. The van der Waals surface area contributed by atoms with E-state index in [1.54, 1.807) is 0 Å². The maximum atomic E-state index is 11.8. The van der Waals surface area contributed by atoms with E-state index >= 15 is 0 Å². The fourth-order valence-corrected chi connectivity index (χ4v) is 4.01. The molecule has 4 heteroatoms. The van der Waals surface area contributed by atoms with Crippen LogP contribution in [-0.2, 0) is 0 Å². The molecule has 2 aliphatic rings. The first-order valence-electron chi connectivity index (χ1n) is 6.90. The predicted octanol–water partition coefficient (Wildman–Crippen LogP) is 1.91. The standard InChI is InChI=1S/C15H17N3O/c16-10-7-15(8-10)5-9(6-15)13-11-3-1-2-4-12(11)14(19)18-17-13/h1-4,9-10H,5-8,16H2,(H,18,19)/t9-,10-,15?. The molecule has 1 aromatic carbocycles. The zero-order chi connectivity index (χ0) is 13.0. The third-order valence-corrected chi connectivity index (χ3v) is 4.86. The molecular formula is C15H17N3O. The van der Waals surface area contributed by atoms with Gasteiger partial charge in [-0.1, -0.05) is 18.2 Å². The van der Waals surface area contributed by atoms with Crippen molar-refractivity contribution < 1.29 is 0 Å². The highest BCUT2D eigenvalue weighted by atomic mass is 16.1. The van der Waals surface area contributed by atoms with E-state index < -0.39 is 0 Å². The van der Waals surface area contributed by atoms with Gasteiger partial charge in [-0.05, 0) is 37.2 Å². The Hall–Kier alpha value is -1.68. The van der Waals surface area contributed by atoms with Crippen LogP contribution in [0.4, 0.5) is 0 Å². The van der Waals surface area contributed by atoms with Crippen LogP contribution in [0.15, 0.2) is 29.1 Å². The fraction of sp³-hybridized carbons (Fsp3) is 0.467. The Morgan fingerprint density at radius 2 is 1.84 bits per heavy atom. The van der Waals surface area contributed by atoms with E-state index in [0.29, 0.717) is 17.4 Å². The van der Waals surface area contributed by atoms with Crippen molar-refractivity contribution in [3.8, 4) is 0 Å². The average Bonchev–Trinajstić information content (AvgIpc) is 2.34. The van der Waals surface area contributed by atoms with Crippen molar-refractivity contribution >= 4 is 10.8 Å². The predicted molar refractivity (Wildman–Crippen MR) is 74.0 cm³/mol. The molecule has 1 spiro atoms. The van der Waals surface area contributed by atoms with Crippen molar-refractivity contribution in [3.63, 3.8) is 0 Å². The summed E-state index contributed by atoms with van der Waals surface area (Å²) < 4.78 is 0. The first kappa shape index (κ1) is 11.2. The van der Waals surface area contributed by atoms with Crippen LogP contribution in [-0.4, -0.2) is 16.2 Å². The second-order valence-corrected chi connectivity index (χ2v) is 6.26. The molecule has 4 nitrogen and oxygen atoms in total. The molecule has 0 bridgehead atoms. The summed E-state index contributed by atoms with van der Waals surface area (Å²) in [5.41, 5.74) is 7.34. The van der Waals surface area contributed by atoms with Gasteiger partial charge in [0.25, 0.3) is 5.56 Å². The molecule has 2 aliphatic carbocycles. The number of aromatic nitrogens is 2. The summed E-state index contributed by atoms with van der Waals surface area (Å²) in [5.74, 6) is 0.481. The lowest BCUT2D eigenvalue weighted by Crippen LogP contribution is -2.52. The summed E-state index contributed by atoms with van der Waals surface area (Å²) in [4.78, 5) is 11.8. The lowest BCUT2D eigenvalue weighted by molar-refractivity contribution is -0.00921. The number of aromatic amines is 1. The number of H-pyrrole nitrogens is 1. The van der Waals surface area contributed by atoms with Gasteiger partial charge in [-0.25, -0.2) is 5.10 Å². The SMILES string of the molecule is N[C@H]1CC2(C1)C[C@@H](c1n[nH]c(=O)c3ccccc31)C2. The van der Waals surface area contributed by atoms with Crippen molar-refractivity contribution in [1.82, 2.24) is 10.2 Å². The molecule has 0 unspecified atom stereocenters. The van der Waals surface area contributed by atoms with E-state index in [-0.39, 0.29) is 5.56 Å². The molecule has 0 radical (unpaired) electrons. The Kier molecular flexibility index (Phi) is 2.16. The van der Waals surface area contributed by atoms with Gasteiger partial charge in [0.15, 0.2) is 0 Å². The highest BCUT2D eigenvalue weighted by Gasteiger charge is 2.52. The topological polar surface area (TPSA) is 71.8 Å². The summed E-state index contributed by atoms with van der Waals surface area (Å²) in [6, 6.07) is 8.15. The van der Waals surface area contributed by atoms with E-state index in [4.69, 9.17) is 5.73 Å². The molecule has 1 heterocycles. The van der Waals surface area contributed by atoms with E-state index in [2.05, 4.69) is 10.2 Å². The van der Waals surface area contributed by atoms with Crippen LogP contribution in [0.1, 0.15) is 37.3 Å². The third-order valence-electron chi connectivity index (χ3n) is 4.86. The molecule has 2 fully saturated rings. The molecule has 0 saturated heterocycles. The highest BCUT2D eigenvalue weighted by molar-refractivity contribution is 5.83. The zero-order valence-corrected chi connectivity index (χ0v) is 10.7. The number of fused-ring (bicyclic) bond motifs is 1. The molecule has 4 rings (SSSR count). The Labute approximate surface area is 111 Å². The molecule has 2 saturated carbocycles. The summed E-state index contributed by atoms with van der Waals surface area (Å²) in [5, 5.41) is 8.69. The minimum Gasteiger partial charge on any atom is -0.328 e. The first-order chi connectivity index (χ1) is 9.17. The van der Waals surface area contributed by atoms with Gasteiger partial charge in [-0.15, -0.1) is 0 Å². The van der Waals surface area contributed by atoms with Gasteiger partial charge in [-0.3, -0.25) is 4.79 Å². The average molecular weight is 255 g/mol. The summed E-state index contributed by atoms with van der Waals surface area (Å²) in [6.45, 7) is 0. The maximum Gasteiger partial charge on any atom is 0.272 e. The molecular weight excluding hydrogens is 238 g/mol. The number of nitrogens with zero attached hydrogens (tertiary/aromatic N) is 1. The minimum atomic E-state index is -0.0981. The van der Waals surface area contributed by atoms with Gasteiger partial charge >= 0.3 is 0 Å². The molecule has 0 amide bonds. The van der Waals surface area contributed by atoms with Crippen molar-refractivity contribution in [1.29, 1.82) is 0 Å². The van der Waals surface area contributed by atoms with Gasteiger partial charge in [0.2, 0.25) is 0 Å². The molecule has 98 valence electrons. The zero-order valence-electron chi connectivity index (χ0n) is 10.7. The Morgan fingerprint density at radius 3 is 2.53 bits per heavy atom. The second-order valence-electron chi connectivity index (χ2n) is 6.26. The van der Waals surface area contributed by atoms with Gasteiger partial charge in [0.05, 0.1) is 11.1 Å². The quantitative estimate of drug-likeness (QED) is 0.817. The number of benzene rings is 1. The number of nitrogens with two attached hydrogens (primary N) is 1. The van der Waals surface area contributed by atoms with Crippen LogP contribution in [0.25, 0.3) is 10.8 Å². The first-order valence-corrected chi connectivity index (χ1v) is 6.90. The molecule has 2 aromatic rings. The normalized spacial score (nSPS) is 33.1. The van der Waals surface area contributed by atoms with E-state index in [9.17, 15) is 4.79 Å². The van der Waals surface area contributed by atoms with Gasteiger partial charge in [-0.2, -0.15) is 5.10 Å². The molecule has 0 atom stereocenters. The van der Waals surface area contributed by atoms with Crippen molar-refractivity contribution in [2.75, 3.05) is 0 Å². The lowest BCUT2D eigenvalue weighted by atomic mass is 9.49. The monoisotopic (exact) mass is 255 g/mol. The Morgan fingerprint density at radius 1 is 1.16 bits per heavy atom. The van der Waals surface area contributed by atoms with E-state index in [1.165, 1.54) is 12.8 Å². The van der Waals surface area contributed by atoms with Gasteiger partial charge in [0, 0.05) is 17.3 Å². The van der Waals surface area contributed by atoms with Crippen LogP contribution in [0.5, 0.6) is 0 Å². The summed E-state index contributed by atoms with van der Waals surface area (Å²) in [6.07, 6.45) is 4.66. The van der Waals surface area contributed by atoms with Crippen LogP contribution in [0.3, 0.4) is 0 Å². The lowest BCUT2D eigenvalue weighted by Gasteiger charge is -2.56. The van der Waals surface area contributed by atoms with Crippen molar-refractivity contribution in [2.24, 2.45) is 11.1 Å². The fourth-order valence-electron chi connectivity index (χ4n) is 4.01. The van der Waals surface area contributed by atoms with E-state index in [1.807, 2.05) is 24.3 Å². The summed E-state index contributed by atoms with van der Waals surface area (Å²) in [7, 11) is 0. The Bertz CT molecular complexity index is 692. The summed E-state index contributed by atoms with van der Waals surface area (Å²) >= 11 is 0. The number of rotatable bonds is 1. The van der Waals surface area contributed by atoms with Crippen LogP contribution >= 0.6 is 0 Å². The van der Waals surface area contributed by atoms with Gasteiger partial charge < -0.3 is 5.73 Å². The number of nitrogens with one attached hydrogen (secondary N) is 1. The number of hydrogen-bond acceptors (Lipinski definition) is 3. The smallest absolute Gasteiger partial charge is 0.272 e. The minimum absolute atomic E-state index is 0.0981. The van der Waals surface area contributed by atoms with Crippen molar-refractivity contribution in [2.45, 2.75) is 37.6 Å². The maximum absolute atomic E-state index is 11.8. The molecule has 1 aromatic heterocycles. The van der Waals surface area contributed by atoms with Crippen molar-refractivity contribution in [3.05, 3.63) is 40.3 Å². The third kappa shape index (κ3) is 1.56. The van der Waals surface area contributed by atoms with Gasteiger partial charge in [0.1, 0.15) is 0 Å². The molecule has 3 N–H and O–H groups in total. The Balaban J connectivity index is 1.70. The number of hydrogen-bond donors (Lipinski definition) is 2. The molecule has 19 heavy (non-hydrogen) atoms. The van der Waals surface area contributed by atoms with Crippen LogP contribution in [0.2, 0.25) is 0 Å². The van der Waals surface area contributed by atoms with Crippen LogP contribution in [0, 0.1) is 5.41 Å². The highest BCUT2D eigenvalue weighted by Crippen LogP contribution is 2.61. The van der Waals surface area contributed by atoms with Crippen LogP contribution < -0.4 is 11.3 Å². The van der Waals surface area contributed by atoms with E-state index in [0.717, 1.165) is 29.3 Å². The largest absolute Gasteiger partial charge is 0.328 e.